The van der Waals surface area contributed by atoms with E-state index in [-0.39, 0.29) is 37.0 Å². The van der Waals surface area contributed by atoms with Crippen molar-refractivity contribution in [1.29, 1.82) is 0 Å². The quantitative estimate of drug-likeness (QED) is 0.447. The summed E-state index contributed by atoms with van der Waals surface area (Å²) in [5, 5.41) is 3.08. The van der Waals surface area contributed by atoms with E-state index in [9.17, 15) is 31.1 Å². The third kappa shape index (κ3) is 7.43. The van der Waals surface area contributed by atoms with Gasteiger partial charge in [-0.05, 0) is 38.0 Å². The number of nitrogens with one attached hydrogen (secondary N) is 1. The Labute approximate surface area is 199 Å². The minimum absolute atomic E-state index is 0. The average Bonchev–Trinajstić information content (AvgIpc) is 3.08. The van der Waals surface area contributed by atoms with Gasteiger partial charge in [0.25, 0.3) is 0 Å². The lowest BCUT2D eigenvalue weighted by molar-refractivity contribution is -0.143. The van der Waals surface area contributed by atoms with E-state index in [1.807, 2.05) is 11.8 Å². The summed E-state index contributed by atoms with van der Waals surface area (Å²) >= 11 is 1.54. The summed E-state index contributed by atoms with van der Waals surface area (Å²) in [7, 11) is 0. The summed E-state index contributed by atoms with van der Waals surface area (Å²) in [6, 6.07) is 1.11. The Morgan fingerprint density at radius 1 is 1.06 bits per heavy atom. The second kappa shape index (κ2) is 11.2. The summed E-state index contributed by atoms with van der Waals surface area (Å²) < 4.78 is 78.2. The summed E-state index contributed by atoms with van der Waals surface area (Å²) in [4.78, 5) is 19.3. The molecule has 2 fully saturated rings. The zero-order valence-corrected chi connectivity index (χ0v) is 19.6. The van der Waals surface area contributed by atoms with Crippen molar-refractivity contribution >= 4 is 40.9 Å². The molecule has 0 radical (unpaired) electrons. The predicted octanol–water partition coefficient (Wildman–Crippen LogP) is 6.60. The smallest absolute Gasteiger partial charge is 0.347 e. The first-order chi connectivity index (χ1) is 15.0. The van der Waals surface area contributed by atoms with Crippen LogP contribution in [0.25, 0.3) is 0 Å². The Morgan fingerprint density at radius 2 is 1.64 bits per heavy atom. The van der Waals surface area contributed by atoms with Crippen LogP contribution in [0.15, 0.2) is 23.2 Å². The van der Waals surface area contributed by atoms with E-state index in [4.69, 9.17) is 4.99 Å². The van der Waals surface area contributed by atoms with Gasteiger partial charge in [-0.1, -0.05) is 31.0 Å². The highest BCUT2D eigenvalue weighted by Crippen LogP contribution is 2.38. The van der Waals surface area contributed by atoms with Crippen LogP contribution in [-0.2, 0) is 17.1 Å². The molecule has 1 aliphatic heterocycles. The minimum atomic E-state index is -4.97. The first-order valence-corrected chi connectivity index (χ1v) is 11.5. The third-order valence-corrected chi connectivity index (χ3v) is 6.74. The monoisotopic (exact) mass is 517 g/mol. The molecule has 1 N–H and O–H groups in total. The van der Waals surface area contributed by atoms with E-state index >= 15 is 0 Å². The Balaban J connectivity index is 0.00000385. The summed E-state index contributed by atoms with van der Waals surface area (Å²) in [5.74, 6) is -0.0520. The molecule has 2 aliphatic rings. The van der Waals surface area contributed by atoms with Gasteiger partial charge in [0.2, 0.25) is 5.91 Å². The van der Waals surface area contributed by atoms with E-state index in [0.717, 1.165) is 30.9 Å². The molecule has 1 aliphatic carbocycles. The fraction of sp³-hybridized carbons (Fsp3) is 0.619. The largest absolute Gasteiger partial charge is 0.416 e. The Morgan fingerprint density at radius 3 is 2.15 bits per heavy atom. The van der Waals surface area contributed by atoms with Crippen molar-refractivity contribution in [3.63, 3.8) is 0 Å². The number of thioether (sulfide) groups is 1. The van der Waals surface area contributed by atoms with Crippen LogP contribution in [0.2, 0.25) is 0 Å². The summed E-state index contributed by atoms with van der Waals surface area (Å²) in [5.41, 5.74) is -3.45. The van der Waals surface area contributed by atoms with Crippen molar-refractivity contribution in [2.75, 3.05) is 17.6 Å². The molecular formula is C21H26ClF6N3OS. The standard InChI is InChI=1S/C21H25F6N3OS.ClH/c1-2-30-17(12-32-19(30)29-15-6-4-3-5-7-15)11-18(31)28-16-9-13(20(22,23)24)8-14(10-16)21(25,26)27;/h8-10,15,17H,2-7,11-12H2,1H3,(H,28,31);1H. The van der Waals surface area contributed by atoms with Crippen molar-refractivity contribution in [2.24, 2.45) is 4.99 Å². The number of anilines is 1. The van der Waals surface area contributed by atoms with Gasteiger partial charge >= 0.3 is 12.4 Å². The highest BCUT2D eigenvalue weighted by atomic mass is 35.5. The molecule has 1 heterocycles. The number of hydrogen-bond acceptors (Lipinski definition) is 3. The van der Waals surface area contributed by atoms with Crippen LogP contribution < -0.4 is 5.32 Å². The minimum Gasteiger partial charge on any atom is -0.347 e. The fourth-order valence-corrected chi connectivity index (χ4v) is 5.30. The number of carbonyl (C=O) groups is 1. The molecule has 0 spiro atoms. The lowest BCUT2D eigenvalue weighted by atomic mass is 9.96. The zero-order valence-electron chi connectivity index (χ0n) is 17.9. The molecule has 1 saturated heterocycles. The second-order valence-corrected chi connectivity index (χ2v) is 8.99. The molecule has 1 aromatic carbocycles. The number of halogens is 7. The van der Waals surface area contributed by atoms with Gasteiger partial charge in [-0.15, -0.1) is 12.4 Å². The average molecular weight is 518 g/mol. The molecule has 12 heteroatoms. The lowest BCUT2D eigenvalue weighted by Crippen LogP contribution is -2.37. The van der Waals surface area contributed by atoms with E-state index in [1.165, 1.54) is 18.2 Å². The van der Waals surface area contributed by atoms with Gasteiger partial charge in [-0.3, -0.25) is 9.79 Å². The van der Waals surface area contributed by atoms with Gasteiger partial charge in [0.15, 0.2) is 5.17 Å². The van der Waals surface area contributed by atoms with Crippen LogP contribution in [0.5, 0.6) is 0 Å². The maximum absolute atomic E-state index is 13.0. The SMILES string of the molecule is CCN1C(=NC2CCCCC2)SCC1CC(=O)Nc1cc(C(F)(F)F)cc(C(F)(F)F)c1.Cl. The van der Waals surface area contributed by atoms with Crippen LogP contribution in [0.3, 0.4) is 0 Å². The maximum Gasteiger partial charge on any atom is 0.416 e. The predicted molar refractivity (Wildman–Crippen MR) is 120 cm³/mol. The number of amides is 1. The summed E-state index contributed by atoms with van der Waals surface area (Å²) in [6.45, 7) is 2.54. The Hall–Kier alpha value is -1.62. The van der Waals surface area contributed by atoms with Crippen LogP contribution in [0.1, 0.15) is 56.6 Å². The second-order valence-electron chi connectivity index (χ2n) is 8.00. The highest BCUT2D eigenvalue weighted by molar-refractivity contribution is 8.14. The summed E-state index contributed by atoms with van der Waals surface area (Å²) in [6.07, 6.45) is -4.43. The molecule has 33 heavy (non-hydrogen) atoms. The van der Waals surface area contributed by atoms with Crippen LogP contribution in [-0.4, -0.2) is 40.4 Å². The van der Waals surface area contributed by atoms with Crippen LogP contribution in [0.4, 0.5) is 32.0 Å². The van der Waals surface area contributed by atoms with E-state index < -0.39 is 35.1 Å². The number of nitrogens with zero attached hydrogens (tertiary/aromatic N) is 2. The molecule has 1 saturated carbocycles. The highest BCUT2D eigenvalue weighted by Gasteiger charge is 2.37. The first kappa shape index (κ1) is 27.6. The number of alkyl halides is 6. The van der Waals surface area contributed by atoms with Crippen LogP contribution in [0, 0.1) is 0 Å². The molecule has 0 aromatic heterocycles. The van der Waals surface area contributed by atoms with Gasteiger partial charge in [0.05, 0.1) is 17.2 Å². The van der Waals surface area contributed by atoms with Crippen LogP contribution >= 0.6 is 24.2 Å². The zero-order chi connectivity index (χ0) is 23.5. The normalized spacial score (nSPS) is 21.2. The molecular weight excluding hydrogens is 492 g/mol. The van der Waals surface area contributed by atoms with Crippen molar-refractivity contribution in [1.82, 2.24) is 4.90 Å². The molecule has 1 amide bonds. The number of hydrogen-bond donors (Lipinski definition) is 1. The van der Waals surface area contributed by atoms with Gasteiger partial charge in [-0.25, -0.2) is 0 Å². The van der Waals surface area contributed by atoms with Crippen molar-refractivity contribution < 1.29 is 31.1 Å². The maximum atomic E-state index is 13.0. The molecule has 186 valence electrons. The molecule has 0 bridgehead atoms. The van der Waals surface area contributed by atoms with E-state index in [0.29, 0.717) is 24.4 Å². The number of aliphatic imine (C=N–C) groups is 1. The number of rotatable bonds is 5. The lowest BCUT2D eigenvalue weighted by Gasteiger charge is -2.26. The van der Waals surface area contributed by atoms with Gasteiger partial charge in [-0.2, -0.15) is 26.3 Å². The third-order valence-electron chi connectivity index (χ3n) is 5.59. The number of carbonyl (C=O) groups excluding carboxylic acids is 1. The molecule has 3 rings (SSSR count). The van der Waals surface area contributed by atoms with Gasteiger partial charge < -0.3 is 10.2 Å². The van der Waals surface area contributed by atoms with Gasteiger partial charge in [0, 0.05) is 30.4 Å². The fourth-order valence-electron chi connectivity index (χ4n) is 3.99. The van der Waals surface area contributed by atoms with Crippen molar-refractivity contribution in [3.8, 4) is 0 Å². The van der Waals surface area contributed by atoms with E-state index in [1.54, 1.807) is 0 Å². The number of amidine groups is 1. The molecule has 4 nitrogen and oxygen atoms in total. The topological polar surface area (TPSA) is 44.7 Å². The molecule has 1 aromatic rings. The van der Waals surface area contributed by atoms with E-state index in [2.05, 4.69) is 5.32 Å². The van der Waals surface area contributed by atoms with Gasteiger partial charge in [0.1, 0.15) is 0 Å². The number of benzene rings is 1. The van der Waals surface area contributed by atoms with Crippen molar-refractivity contribution in [2.45, 2.75) is 69.9 Å². The Bertz CT molecular complexity index is 823. The molecule has 1 atom stereocenters. The Kier molecular flexibility index (Phi) is 9.38. The first-order valence-electron chi connectivity index (χ1n) is 10.5. The molecule has 1 unspecified atom stereocenters. The van der Waals surface area contributed by atoms with Crippen molar-refractivity contribution in [3.05, 3.63) is 29.3 Å².